The van der Waals surface area contributed by atoms with Crippen LogP contribution in [0.5, 0.6) is 0 Å². The van der Waals surface area contributed by atoms with Gasteiger partial charge in [-0.15, -0.1) is 0 Å². The Hall–Kier alpha value is -1.69. The third-order valence-corrected chi connectivity index (χ3v) is 2.46. The van der Waals surface area contributed by atoms with E-state index in [4.69, 9.17) is 5.11 Å². The molecule has 0 amide bonds. The second-order valence-electron chi connectivity index (χ2n) is 3.60. The molecular formula is C11H13F2N3O. The van der Waals surface area contributed by atoms with Gasteiger partial charge in [0.05, 0.1) is 13.2 Å². The van der Waals surface area contributed by atoms with Gasteiger partial charge in [0.25, 0.3) is 6.43 Å². The zero-order chi connectivity index (χ0) is 12.3. The average Bonchev–Trinajstić information content (AvgIpc) is 2.75. The second-order valence-corrected chi connectivity index (χ2v) is 3.60. The van der Waals surface area contributed by atoms with Crippen molar-refractivity contribution >= 4 is 11.5 Å². The van der Waals surface area contributed by atoms with Gasteiger partial charge in [-0.05, 0) is 12.1 Å². The van der Waals surface area contributed by atoms with Gasteiger partial charge in [0.1, 0.15) is 11.5 Å². The quantitative estimate of drug-likeness (QED) is 0.860. The van der Waals surface area contributed by atoms with Crippen LogP contribution in [-0.4, -0.2) is 40.6 Å². The molecule has 0 aliphatic heterocycles. The van der Waals surface area contributed by atoms with E-state index in [0.717, 1.165) is 0 Å². The predicted octanol–water partition coefficient (Wildman–Crippen LogP) is 1.40. The Balaban J connectivity index is 2.36. The molecule has 0 spiro atoms. The molecule has 0 aromatic carbocycles. The Morgan fingerprint density at radius 1 is 1.41 bits per heavy atom. The van der Waals surface area contributed by atoms with E-state index in [2.05, 4.69) is 4.98 Å². The van der Waals surface area contributed by atoms with E-state index in [1.54, 1.807) is 35.0 Å². The molecule has 0 saturated heterocycles. The molecule has 17 heavy (non-hydrogen) atoms. The minimum Gasteiger partial charge on any atom is -0.395 e. The lowest BCUT2D eigenvalue weighted by Gasteiger charge is -2.24. The highest BCUT2D eigenvalue weighted by Crippen LogP contribution is 2.17. The largest absolute Gasteiger partial charge is 0.395 e. The molecule has 0 aliphatic rings. The number of aromatic nitrogens is 2. The number of anilines is 1. The van der Waals surface area contributed by atoms with Crippen LogP contribution in [0.15, 0.2) is 30.6 Å². The zero-order valence-electron chi connectivity index (χ0n) is 9.13. The maximum atomic E-state index is 12.5. The van der Waals surface area contributed by atoms with Crippen molar-refractivity contribution in [3.63, 3.8) is 0 Å². The molecule has 2 aromatic rings. The van der Waals surface area contributed by atoms with Crippen LogP contribution < -0.4 is 4.90 Å². The lowest BCUT2D eigenvalue weighted by molar-refractivity contribution is 0.152. The van der Waals surface area contributed by atoms with E-state index in [-0.39, 0.29) is 13.2 Å². The molecule has 0 bridgehead atoms. The number of imidazole rings is 1. The van der Waals surface area contributed by atoms with Gasteiger partial charge in [0.2, 0.25) is 0 Å². The summed E-state index contributed by atoms with van der Waals surface area (Å²) in [5.41, 5.74) is 0.694. The van der Waals surface area contributed by atoms with Gasteiger partial charge < -0.3 is 10.0 Å². The topological polar surface area (TPSA) is 40.8 Å². The summed E-state index contributed by atoms with van der Waals surface area (Å²) in [6, 6.07) is 5.28. The van der Waals surface area contributed by atoms with E-state index >= 15 is 0 Å². The van der Waals surface area contributed by atoms with Gasteiger partial charge in [0, 0.05) is 18.9 Å². The summed E-state index contributed by atoms with van der Waals surface area (Å²) in [4.78, 5) is 5.53. The number of pyridine rings is 1. The summed E-state index contributed by atoms with van der Waals surface area (Å²) < 4.78 is 26.7. The van der Waals surface area contributed by atoms with Crippen LogP contribution in [0.4, 0.5) is 14.6 Å². The molecule has 6 heteroatoms. The molecule has 0 aliphatic carbocycles. The molecule has 1 N–H and O–H groups in total. The van der Waals surface area contributed by atoms with Crippen molar-refractivity contribution in [1.29, 1.82) is 0 Å². The minimum absolute atomic E-state index is 0.168. The molecule has 0 radical (unpaired) electrons. The molecule has 2 rings (SSSR count). The summed E-state index contributed by atoms with van der Waals surface area (Å²) in [5.74, 6) is 0.606. The molecule has 2 heterocycles. The molecule has 2 aromatic heterocycles. The number of aliphatic hydroxyl groups is 1. The number of nitrogens with zero attached hydrogens (tertiary/aromatic N) is 3. The first-order valence-electron chi connectivity index (χ1n) is 5.28. The third kappa shape index (κ3) is 2.52. The van der Waals surface area contributed by atoms with E-state index in [9.17, 15) is 8.78 Å². The fourth-order valence-corrected chi connectivity index (χ4v) is 1.78. The average molecular weight is 241 g/mol. The normalized spacial score (nSPS) is 11.3. The van der Waals surface area contributed by atoms with Crippen LogP contribution in [0, 0.1) is 0 Å². The number of fused-ring (bicyclic) bond motifs is 1. The Bertz CT molecular complexity index is 486. The van der Waals surface area contributed by atoms with E-state index < -0.39 is 13.0 Å². The van der Waals surface area contributed by atoms with Crippen molar-refractivity contribution in [3.8, 4) is 0 Å². The fourth-order valence-electron chi connectivity index (χ4n) is 1.78. The molecule has 0 atom stereocenters. The minimum atomic E-state index is -2.44. The van der Waals surface area contributed by atoms with Crippen molar-refractivity contribution in [3.05, 3.63) is 30.6 Å². The SMILES string of the molecule is OCCN(CC(F)F)c1cccc2nccn12. The Kier molecular flexibility index (Phi) is 3.53. The van der Waals surface area contributed by atoms with E-state index in [1.807, 2.05) is 0 Å². The van der Waals surface area contributed by atoms with Gasteiger partial charge >= 0.3 is 0 Å². The standard InChI is InChI=1S/C11H13F2N3O/c12-9(13)8-15(6-7-17)11-3-1-2-10-14-4-5-16(10)11/h1-5,9,17H,6-8H2. The maximum absolute atomic E-state index is 12.5. The smallest absolute Gasteiger partial charge is 0.255 e. The lowest BCUT2D eigenvalue weighted by atomic mass is 10.4. The van der Waals surface area contributed by atoms with Gasteiger partial charge in [0.15, 0.2) is 0 Å². The third-order valence-electron chi connectivity index (χ3n) is 2.46. The molecular weight excluding hydrogens is 228 g/mol. The highest BCUT2D eigenvalue weighted by atomic mass is 19.3. The van der Waals surface area contributed by atoms with Gasteiger partial charge in [-0.2, -0.15) is 0 Å². The van der Waals surface area contributed by atoms with Gasteiger partial charge in [-0.1, -0.05) is 6.07 Å². The number of hydrogen-bond acceptors (Lipinski definition) is 3. The number of hydrogen-bond donors (Lipinski definition) is 1. The summed E-state index contributed by atoms with van der Waals surface area (Å²) >= 11 is 0. The van der Waals surface area contributed by atoms with Crippen LogP contribution >= 0.6 is 0 Å². The lowest BCUT2D eigenvalue weighted by Crippen LogP contribution is -2.32. The highest BCUT2D eigenvalue weighted by molar-refractivity contribution is 5.51. The Morgan fingerprint density at radius 2 is 2.24 bits per heavy atom. The monoisotopic (exact) mass is 241 g/mol. The Morgan fingerprint density at radius 3 is 2.94 bits per heavy atom. The summed E-state index contributed by atoms with van der Waals surface area (Å²) in [6.07, 6.45) is 0.874. The molecule has 0 fully saturated rings. The molecule has 4 nitrogen and oxygen atoms in total. The van der Waals surface area contributed by atoms with E-state index in [0.29, 0.717) is 11.5 Å². The predicted molar refractivity (Wildman–Crippen MR) is 60.5 cm³/mol. The number of aliphatic hydroxyl groups excluding tert-OH is 1. The van der Waals surface area contributed by atoms with Crippen LogP contribution in [0.1, 0.15) is 0 Å². The maximum Gasteiger partial charge on any atom is 0.255 e. The molecule has 92 valence electrons. The fraction of sp³-hybridized carbons (Fsp3) is 0.364. The number of alkyl halides is 2. The zero-order valence-corrected chi connectivity index (χ0v) is 9.13. The molecule has 0 saturated carbocycles. The summed E-state index contributed by atoms with van der Waals surface area (Å²) in [7, 11) is 0. The van der Waals surface area contributed by atoms with Crippen molar-refractivity contribution in [2.45, 2.75) is 6.43 Å². The first kappa shape index (κ1) is 11.8. The Labute approximate surface area is 97.1 Å². The van der Waals surface area contributed by atoms with Crippen LogP contribution in [-0.2, 0) is 0 Å². The highest BCUT2D eigenvalue weighted by Gasteiger charge is 2.14. The summed E-state index contributed by atoms with van der Waals surface area (Å²) in [6.45, 7) is -0.405. The first-order valence-corrected chi connectivity index (χ1v) is 5.28. The number of halogens is 2. The van der Waals surface area contributed by atoms with E-state index in [1.165, 1.54) is 4.90 Å². The van der Waals surface area contributed by atoms with Crippen LogP contribution in [0.25, 0.3) is 5.65 Å². The van der Waals surface area contributed by atoms with Crippen molar-refractivity contribution in [2.24, 2.45) is 0 Å². The summed E-state index contributed by atoms with van der Waals surface area (Å²) in [5, 5.41) is 8.92. The van der Waals surface area contributed by atoms with Gasteiger partial charge in [-0.3, -0.25) is 4.40 Å². The first-order chi connectivity index (χ1) is 8.22. The number of rotatable bonds is 5. The molecule has 0 unspecified atom stereocenters. The van der Waals surface area contributed by atoms with Crippen LogP contribution in [0.2, 0.25) is 0 Å². The van der Waals surface area contributed by atoms with Crippen molar-refractivity contribution in [2.75, 3.05) is 24.6 Å². The van der Waals surface area contributed by atoms with Crippen molar-refractivity contribution < 1.29 is 13.9 Å². The second kappa shape index (κ2) is 5.09. The van der Waals surface area contributed by atoms with Gasteiger partial charge in [-0.25, -0.2) is 13.8 Å². The van der Waals surface area contributed by atoms with Crippen LogP contribution in [0.3, 0.4) is 0 Å². The van der Waals surface area contributed by atoms with Crippen molar-refractivity contribution in [1.82, 2.24) is 9.38 Å².